The molecule has 0 spiro atoms. The minimum absolute atomic E-state index is 0.154. The Labute approximate surface area is 121 Å². The molecule has 0 saturated heterocycles. The molecule has 3 nitrogen and oxygen atoms in total. The van der Waals surface area contributed by atoms with Gasteiger partial charge in [0.15, 0.2) is 5.82 Å². The van der Waals surface area contributed by atoms with Crippen molar-refractivity contribution in [1.29, 1.82) is 0 Å². The van der Waals surface area contributed by atoms with E-state index < -0.39 is 17.0 Å². The van der Waals surface area contributed by atoms with Crippen LogP contribution in [0.1, 0.15) is 32.1 Å². The SMILES string of the molecule is NCC1(C(=O)Nc2c(F)cc(F)cc2Cl)CCCCC1. The summed E-state index contributed by atoms with van der Waals surface area (Å²) in [6.07, 6.45) is 4.26. The molecule has 0 atom stereocenters. The largest absolute Gasteiger partial charge is 0.329 e. The highest BCUT2D eigenvalue weighted by atomic mass is 35.5. The Hall–Kier alpha value is -1.20. The quantitative estimate of drug-likeness (QED) is 0.898. The molecule has 1 aliphatic carbocycles. The van der Waals surface area contributed by atoms with Crippen LogP contribution in [0.15, 0.2) is 12.1 Å². The third-order valence-electron chi connectivity index (χ3n) is 3.93. The number of nitrogens with one attached hydrogen (secondary N) is 1. The topological polar surface area (TPSA) is 55.1 Å². The van der Waals surface area contributed by atoms with Gasteiger partial charge in [0.2, 0.25) is 5.91 Å². The fourth-order valence-electron chi connectivity index (χ4n) is 2.66. The monoisotopic (exact) mass is 302 g/mol. The summed E-state index contributed by atoms with van der Waals surface area (Å²) in [5.41, 5.74) is 4.88. The van der Waals surface area contributed by atoms with Crippen LogP contribution in [0.4, 0.5) is 14.5 Å². The Morgan fingerprint density at radius 3 is 2.50 bits per heavy atom. The van der Waals surface area contributed by atoms with E-state index >= 15 is 0 Å². The predicted molar refractivity (Wildman–Crippen MR) is 74.6 cm³/mol. The molecule has 1 saturated carbocycles. The van der Waals surface area contributed by atoms with E-state index in [0.717, 1.165) is 25.3 Å². The molecule has 3 N–H and O–H groups in total. The Morgan fingerprint density at radius 1 is 1.30 bits per heavy atom. The van der Waals surface area contributed by atoms with Crippen molar-refractivity contribution in [3.05, 3.63) is 28.8 Å². The van der Waals surface area contributed by atoms with Gasteiger partial charge in [0.05, 0.1) is 16.1 Å². The summed E-state index contributed by atoms with van der Waals surface area (Å²) >= 11 is 5.78. The second kappa shape index (κ2) is 6.06. The minimum atomic E-state index is -0.883. The van der Waals surface area contributed by atoms with Crippen molar-refractivity contribution in [2.45, 2.75) is 32.1 Å². The number of hydrogen-bond donors (Lipinski definition) is 2. The molecule has 0 aromatic heterocycles. The predicted octanol–water partition coefficient (Wildman–Crippen LogP) is 3.47. The lowest BCUT2D eigenvalue weighted by atomic mass is 9.73. The van der Waals surface area contributed by atoms with Crippen molar-refractivity contribution in [3.63, 3.8) is 0 Å². The van der Waals surface area contributed by atoms with Crippen molar-refractivity contribution in [2.75, 3.05) is 11.9 Å². The first-order chi connectivity index (χ1) is 9.48. The van der Waals surface area contributed by atoms with Gasteiger partial charge in [-0.2, -0.15) is 0 Å². The van der Waals surface area contributed by atoms with E-state index in [-0.39, 0.29) is 23.2 Å². The highest BCUT2D eigenvalue weighted by molar-refractivity contribution is 6.33. The zero-order valence-electron chi connectivity index (χ0n) is 11.0. The molecule has 1 fully saturated rings. The van der Waals surface area contributed by atoms with E-state index in [1.54, 1.807) is 0 Å². The molecule has 110 valence electrons. The number of amides is 1. The molecule has 0 heterocycles. The number of halogens is 3. The lowest BCUT2D eigenvalue weighted by Crippen LogP contribution is -2.44. The maximum Gasteiger partial charge on any atom is 0.231 e. The molecule has 0 bridgehead atoms. The molecule has 0 unspecified atom stereocenters. The van der Waals surface area contributed by atoms with Gasteiger partial charge in [0, 0.05) is 12.6 Å². The first kappa shape index (κ1) is 15.2. The zero-order chi connectivity index (χ0) is 14.8. The van der Waals surface area contributed by atoms with E-state index in [0.29, 0.717) is 18.9 Å². The van der Waals surface area contributed by atoms with Gasteiger partial charge in [-0.3, -0.25) is 4.79 Å². The molecular formula is C14H17ClF2N2O. The summed E-state index contributed by atoms with van der Waals surface area (Å²) in [5, 5.41) is 2.32. The summed E-state index contributed by atoms with van der Waals surface area (Å²) in [7, 11) is 0. The van der Waals surface area contributed by atoms with Gasteiger partial charge in [-0.15, -0.1) is 0 Å². The van der Waals surface area contributed by atoms with Crippen LogP contribution < -0.4 is 11.1 Å². The summed E-state index contributed by atoms with van der Waals surface area (Å²) in [6, 6.07) is 1.66. The number of anilines is 1. The van der Waals surface area contributed by atoms with Gasteiger partial charge in [-0.05, 0) is 18.9 Å². The van der Waals surface area contributed by atoms with Crippen LogP contribution in [0, 0.1) is 17.0 Å². The number of rotatable bonds is 3. The zero-order valence-corrected chi connectivity index (χ0v) is 11.8. The molecular weight excluding hydrogens is 286 g/mol. The molecule has 0 aliphatic heterocycles. The van der Waals surface area contributed by atoms with E-state index in [9.17, 15) is 13.6 Å². The van der Waals surface area contributed by atoms with Crippen LogP contribution in [-0.4, -0.2) is 12.5 Å². The molecule has 1 aromatic carbocycles. The fraction of sp³-hybridized carbons (Fsp3) is 0.500. The fourth-order valence-corrected chi connectivity index (χ4v) is 2.90. The van der Waals surface area contributed by atoms with Gasteiger partial charge in [0.1, 0.15) is 5.82 Å². The second-order valence-electron chi connectivity index (χ2n) is 5.24. The van der Waals surface area contributed by atoms with Gasteiger partial charge in [-0.1, -0.05) is 30.9 Å². The molecule has 6 heteroatoms. The standard InChI is InChI=1S/C14H17ClF2N2O/c15-10-6-9(16)7-11(17)12(10)19-13(20)14(8-18)4-2-1-3-5-14/h6-7H,1-5,8,18H2,(H,19,20). The third kappa shape index (κ3) is 2.94. The van der Waals surface area contributed by atoms with Gasteiger partial charge >= 0.3 is 0 Å². The van der Waals surface area contributed by atoms with Gasteiger partial charge < -0.3 is 11.1 Å². The van der Waals surface area contributed by atoms with Crippen LogP contribution in [0.3, 0.4) is 0 Å². The van der Waals surface area contributed by atoms with Crippen LogP contribution >= 0.6 is 11.6 Å². The highest BCUT2D eigenvalue weighted by Gasteiger charge is 2.38. The number of carbonyl (C=O) groups excluding carboxylic acids is 1. The Kier molecular flexibility index (Phi) is 4.60. The summed E-state index contributed by atoms with van der Waals surface area (Å²) in [4.78, 5) is 12.4. The van der Waals surface area contributed by atoms with Gasteiger partial charge in [0.25, 0.3) is 0 Å². The van der Waals surface area contributed by atoms with Crippen LogP contribution in [0.2, 0.25) is 5.02 Å². The lowest BCUT2D eigenvalue weighted by molar-refractivity contribution is -0.126. The third-order valence-corrected chi connectivity index (χ3v) is 4.23. The number of benzene rings is 1. The molecule has 1 aromatic rings. The normalized spacial score (nSPS) is 17.8. The van der Waals surface area contributed by atoms with E-state index in [1.165, 1.54) is 0 Å². The Morgan fingerprint density at radius 2 is 1.95 bits per heavy atom. The molecule has 1 amide bonds. The summed E-state index contributed by atoms with van der Waals surface area (Å²) < 4.78 is 26.7. The lowest BCUT2D eigenvalue weighted by Gasteiger charge is -2.34. The summed E-state index contributed by atoms with van der Waals surface area (Å²) in [6.45, 7) is 0.208. The van der Waals surface area contributed by atoms with Crippen molar-refractivity contribution < 1.29 is 13.6 Å². The van der Waals surface area contributed by atoms with Crippen LogP contribution in [0.5, 0.6) is 0 Å². The van der Waals surface area contributed by atoms with E-state index in [4.69, 9.17) is 17.3 Å². The number of carbonyl (C=O) groups is 1. The maximum atomic E-state index is 13.7. The van der Waals surface area contributed by atoms with E-state index in [2.05, 4.69) is 5.32 Å². The number of hydrogen-bond acceptors (Lipinski definition) is 2. The van der Waals surface area contributed by atoms with Gasteiger partial charge in [-0.25, -0.2) is 8.78 Å². The van der Waals surface area contributed by atoms with E-state index in [1.807, 2.05) is 0 Å². The maximum absolute atomic E-state index is 13.7. The van der Waals surface area contributed by atoms with Crippen LogP contribution in [-0.2, 0) is 4.79 Å². The molecule has 20 heavy (non-hydrogen) atoms. The Balaban J connectivity index is 2.23. The smallest absolute Gasteiger partial charge is 0.231 e. The first-order valence-electron chi connectivity index (χ1n) is 6.64. The number of nitrogens with two attached hydrogens (primary N) is 1. The van der Waals surface area contributed by atoms with Crippen molar-refractivity contribution in [3.8, 4) is 0 Å². The van der Waals surface area contributed by atoms with Crippen LogP contribution in [0.25, 0.3) is 0 Å². The van der Waals surface area contributed by atoms with Crippen molar-refractivity contribution >= 4 is 23.2 Å². The van der Waals surface area contributed by atoms with Crippen molar-refractivity contribution in [2.24, 2.45) is 11.1 Å². The summed E-state index contributed by atoms with van der Waals surface area (Å²) in [5.74, 6) is -2.00. The average Bonchev–Trinajstić information content (AvgIpc) is 2.43. The second-order valence-corrected chi connectivity index (χ2v) is 5.65. The first-order valence-corrected chi connectivity index (χ1v) is 7.02. The minimum Gasteiger partial charge on any atom is -0.329 e. The molecule has 0 radical (unpaired) electrons. The molecule has 2 rings (SSSR count). The Bertz CT molecular complexity index is 493. The molecule has 1 aliphatic rings. The average molecular weight is 303 g/mol. The highest BCUT2D eigenvalue weighted by Crippen LogP contribution is 2.37. The van der Waals surface area contributed by atoms with Crippen molar-refractivity contribution in [1.82, 2.24) is 0 Å².